The lowest BCUT2D eigenvalue weighted by Crippen LogP contribution is -2.37. The van der Waals surface area contributed by atoms with E-state index in [2.05, 4.69) is 17.5 Å². The SMILES string of the molecule is COC1CCN(CCCCCCS)CC1. The molecule has 0 amide bonds. The van der Waals surface area contributed by atoms with Crippen molar-refractivity contribution in [1.82, 2.24) is 4.90 Å². The summed E-state index contributed by atoms with van der Waals surface area (Å²) in [5, 5.41) is 0. The summed E-state index contributed by atoms with van der Waals surface area (Å²) in [5.74, 6) is 1.04. The van der Waals surface area contributed by atoms with Crippen molar-refractivity contribution >= 4 is 12.6 Å². The Kier molecular flexibility index (Phi) is 7.49. The van der Waals surface area contributed by atoms with E-state index in [1.807, 2.05) is 7.11 Å². The number of unbranched alkanes of at least 4 members (excludes halogenated alkanes) is 3. The van der Waals surface area contributed by atoms with Gasteiger partial charge in [-0.1, -0.05) is 12.8 Å². The first-order valence-electron chi connectivity index (χ1n) is 6.23. The van der Waals surface area contributed by atoms with Crippen molar-refractivity contribution < 1.29 is 4.74 Å². The summed E-state index contributed by atoms with van der Waals surface area (Å²) < 4.78 is 5.36. The lowest BCUT2D eigenvalue weighted by Gasteiger charge is -2.31. The fourth-order valence-electron chi connectivity index (χ4n) is 2.17. The van der Waals surface area contributed by atoms with Gasteiger partial charge in [-0.2, -0.15) is 12.6 Å². The minimum atomic E-state index is 0.519. The lowest BCUT2D eigenvalue weighted by atomic mass is 10.1. The number of likely N-dealkylation sites (tertiary alicyclic amines) is 1. The summed E-state index contributed by atoms with van der Waals surface area (Å²) in [6.07, 6.45) is 8.29. The molecular weight excluding hydrogens is 206 g/mol. The Morgan fingerprint density at radius 3 is 2.40 bits per heavy atom. The monoisotopic (exact) mass is 231 g/mol. The van der Waals surface area contributed by atoms with Gasteiger partial charge in [0.05, 0.1) is 6.10 Å². The second kappa shape index (κ2) is 8.43. The van der Waals surface area contributed by atoms with Crippen LogP contribution in [0.5, 0.6) is 0 Å². The molecule has 0 N–H and O–H groups in total. The van der Waals surface area contributed by atoms with Crippen molar-refractivity contribution in [2.24, 2.45) is 0 Å². The number of hydrogen-bond acceptors (Lipinski definition) is 3. The molecule has 0 aromatic heterocycles. The maximum Gasteiger partial charge on any atom is 0.0595 e. The predicted octanol–water partition coefficient (Wildman–Crippen LogP) is 2.59. The molecule has 0 saturated carbocycles. The summed E-state index contributed by atoms with van der Waals surface area (Å²) in [5.41, 5.74) is 0. The highest BCUT2D eigenvalue weighted by molar-refractivity contribution is 7.80. The summed E-state index contributed by atoms with van der Waals surface area (Å²) in [4.78, 5) is 2.58. The molecule has 0 atom stereocenters. The smallest absolute Gasteiger partial charge is 0.0595 e. The van der Waals surface area contributed by atoms with Crippen molar-refractivity contribution in [3.63, 3.8) is 0 Å². The fourth-order valence-corrected chi connectivity index (χ4v) is 2.39. The van der Waals surface area contributed by atoms with Crippen LogP contribution in [0.4, 0.5) is 0 Å². The summed E-state index contributed by atoms with van der Waals surface area (Å²) in [6, 6.07) is 0. The molecular formula is C12H25NOS. The largest absolute Gasteiger partial charge is 0.381 e. The molecule has 3 heteroatoms. The number of nitrogens with zero attached hydrogens (tertiary/aromatic N) is 1. The summed E-state index contributed by atoms with van der Waals surface area (Å²) in [7, 11) is 1.83. The molecule has 0 spiro atoms. The number of ether oxygens (including phenoxy) is 1. The molecule has 0 bridgehead atoms. The van der Waals surface area contributed by atoms with Crippen molar-refractivity contribution in [1.29, 1.82) is 0 Å². The van der Waals surface area contributed by atoms with Gasteiger partial charge < -0.3 is 9.64 Å². The second-order valence-electron chi connectivity index (χ2n) is 4.41. The van der Waals surface area contributed by atoms with Crippen molar-refractivity contribution in [3.8, 4) is 0 Å². The van der Waals surface area contributed by atoms with Crippen molar-refractivity contribution in [2.45, 2.75) is 44.6 Å². The standard InChI is InChI=1S/C12H25NOS/c1-14-12-6-9-13(10-7-12)8-4-2-3-5-11-15/h12,15H,2-11H2,1H3. The zero-order valence-electron chi connectivity index (χ0n) is 9.95. The van der Waals surface area contributed by atoms with E-state index in [1.165, 1.54) is 58.2 Å². The normalized spacial score (nSPS) is 19.6. The summed E-state index contributed by atoms with van der Waals surface area (Å²) >= 11 is 4.22. The Morgan fingerprint density at radius 2 is 1.80 bits per heavy atom. The highest BCUT2D eigenvalue weighted by atomic mass is 32.1. The molecule has 0 unspecified atom stereocenters. The molecule has 90 valence electrons. The van der Waals surface area contributed by atoms with Crippen LogP contribution in [0, 0.1) is 0 Å². The van der Waals surface area contributed by atoms with Gasteiger partial charge in [-0.05, 0) is 38.0 Å². The van der Waals surface area contributed by atoms with Gasteiger partial charge in [0.15, 0.2) is 0 Å². The zero-order chi connectivity index (χ0) is 10.9. The first-order chi connectivity index (χ1) is 7.36. The molecule has 1 aliphatic rings. The lowest BCUT2D eigenvalue weighted by molar-refractivity contribution is 0.0407. The average molecular weight is 231 g/mol. The number of rotatable bonds is 7. The average Bonchev–Trinajstić information content (AvgIpc) is 2.30. The molecule has 0 aliphatic carbocycles. The molecule has 2 nitrogen and oxygen atoms in total. The van der Waals surface area contributed by atoms with Crippen LogP contribution < -0.4 is 0 Å². The molecule has 1 aliphatic heterocycles. The first-order valence-corrected chi connectivity index (χ1v) is 6.86. The third kappa shape index (κ3) is 5.79. The number of hydrogen-bond donors (Lipinski definition) is 1. The molecule has 0 aromatic carbocycles. The minimum absolute atomic E-state index is 0.519. The Hall–Kier alpha value is 0.270. The van der Waals surface area contributed by atoms with Gasteiger partial charge in [0.1, 0.15) is 0 Å². The Morgan fingerprint density at radius 1 is 1.13 bits per heavy atom. The van der Waals surface area contributed by atoms with E-state index >= 15 is 0 Å². The van der Waals surface area contributed by atoms with Crippen LogP contribution in [0.15, 0.2) is 0 Å². The second-order valence-corrected chi connectivity index (χ2v) is 4.86. The number of methoxy groups -OCH3 is 1. The molecule has 1 saturated heterocycles. The fraction of sp³-hybridized carbons (Fsp3) is 1.00. The molecule has 0 radical (unpaired) electrons. The van der Waals surface area contributed by atoms with E-state index in [4.69, 9.17) is 4.74 Å². The van der Waals surface area contributed by atoms with Gasteiger partial charge in [0.2, 0.25) is 0 Å². The third-order valence-corrected chi connectivity index (χ3v) is 3.57. The van der Waals surface area contributed by atoms with Gasteiger partial charge in [0.25, 0.3) is 0 Å². The zero-order valence-corrected chi connectivity index (χ0v) is 10.8. The quantitative estimate of drug-likeness (QED) is 0.534. The minimum Gasteiger partial charge on any atom is -0.381 e. The highest BCUT2D eigenvalue weighted by Gasteiger charge is 2.17. The molecule has 15 heavy (non-hydrogen) atoms. The maximum atomic E-state index is 5.36. The molecule has 1 fully saturated rings. The van der Waals surface area contributed by atoms with Crippen LogP contribution in [0.1, 0.15) is 38.5 Å². The summed E-state index contributed by atoms with van der Waals surface area (Å²) in [6.45, 7) is 3.74. The van der Waals surface area contributed by atoms with Crippen molar-refractivity contribution in [3.05, 3.63) is 0 Å². The Balaban J connectivity index is 1.94. The van der Waals surface area contributed by atoms with Crippen LogP contribution in [0.3, 0.4) is 0 Å². The van der Waals surface area contributed by atoms with Gasteiger partial charge in [0, 0.05) is 20.2 Å². The van der Waals surface area contributed by atoms with Crippen molar-refractivity contribution in [2.75, 3.05) is 32.5 Å². The van der Waals surface area contributed by atoms with Crippen LogP contribution in [-0.4, -0.2) is 43.5 Å². The van der Waals surface area contributed by atoms with Crippen LogP contribution in [0.2, 0.25) is 0 Å². The van der Waals surface area contributed by atoms with E-state index in [0.29, 0.717) is 6.10 Å². The highest BCUT2D eigenvalue weighted by Crippen LogP contribution is 2.13. The first kappa shape index (κ1) is 13.3. The van der Waals surface area contributed by atoms with Crippen LogP contribution in [0.25, 0.3) is 0 Å². The number of piperidine rings is 1. The van der Waals surface area contributed by atoms with Gasteiger partial charge in [-0.25, -0.2) is 0 Å². The van der Waals surface area contributed by atoms with Gasteiger partial charge in [-0.3, -0.25) is 0 Å². The topological polar surface area (TPSA) is 12.5 Å². The Bertz CT molecular complexity index is 147. The van der Waals surface area contributed by atoms with Gasteiger partial charge in [-0.15, -0.1) is 0 Å². The van der Waals surface area contributed by atoms with E-state index in [0.717, 1.165) is 5.75 Å². The maximum absolute atomic E-state index is 5.36. The van der Waals surface area contributed by atoms with E-state index in [1.54, 1.807) is 0 Å². The predicted molar refractivity (Wildman–Crippen MR) is 68.8 cm³/mol. The van der Waals surface area contributed by atoms with E-state index < -0.39 is 0 Å². The molecule has 1 heterocycles. The van der Waals surface area contributed by atoms with Crippen LogP contribution >= 0.6 is 12.6 Å². The van der Waals surface area contributed by atoms with Crippen LogP contribution in [-0.2, 0) is 4.74 Å². The van der Waals surface area contributed by atoms with E-state index in [9.17, 15) is 0 Å². The van der Waals surface area contributed by atoms with Gasteiger partial charge >= 0.3 is 0 Å². The van der Waals surface area contributed by atoms with E-state index in [-0.39, 0.29) is 0 Å². The molecule has 0 aromatic rings. The molecule has 1 rings (SSSR count). The third-order valence-electron chi connectivity index (χ3n) is 3.25. The number of thiol groups is 1. The Labute approximate surface area is 99.8 Å².